The number of aryl methyl sites for hydroxylation is 1. The highest BCUT2D eigenvalue weighted by Crippen LogP contribution is 2.42. The molecule has 196 valence electrons. The van der Waals surface area contributed by atoms with Crippen LogP contribution in [0.1, 0.15) is 61.5 Å². The number of carbonyl (C=O) groups is 2. The Hall–Kier alpha value is -3.26. The number of nitrogens with zero attached hydrogens (tertiary/aromatic N) is 2. The number of carbonyl (C=O) groups excluding carboxylic acids is 2. The molecule has 1 amide bonds. The minimum atomic E-state index is -0.776. The lowest BCUT2D eigenvalue weighted by Gasteiger charge is -2.28. The van der Waals surface area contributed by atoms with E-state index >= 15 is 0 Å². The molecule has 1 N–H and O–H groups in total. The minimum absolute atomic E-state index is 0.00938. The van der Waals surface area contributed by atoms with E-state index in [-0.39, 0.29) is 11.3 Å². The van der Waals surface area contributed by atoms with Crippen LogP contribution in [0.15, 0.2) is 46.1 Å². The summed E-state index contributed by atoms with van der Waals surface area (Å²) >= 11 is 0. The summed E-state index contributed by atoms with van der Waals surface area (Å²) in [5.41, 5.74) is 0.665. The van der Waals surface area contributed by atoms with Crippen molar-refractivity contribution < 1.29 is 28.6 Å². The first-order valence-corrected chi connectivity index (χ1v) is 12.5. The summed E-state index contributed by atoms with van der Waals surface area (Å²) in [5, 5.41) is 10.9. The highest BCUT2D eigenvalue weighted by atomic mass is 16.5. The smallest absolute Gasteiger partial charge is 0.290 e. The highest BCUT2D eigenvalue weighted by molar-refractivity contribution is 6.15. The van der Waals surface area contributed by atoms with Crippen molar-refractivity contribution in [1.82, 2.24) is 9.80 Å². The first-order valence-electron chi connectivity index (χ1n) is 12.5. The summed E-state index contributed by atoms with van der Waals surface area (Å²) in [4.78, 5) is 30.2. The van der Waals surface area contributed by atoms with E-state index in [9.17, 15) is 14.7 Å². The average Bonchev–Trinajstić information content (AvgIpc) is 3.36. The van der Waals surface area contributed by atoms with Crippen LogP contribution < -0.4 is 9.47 Å². The highest BCUT2D eigenvalue weighted by Gasteiger charge is 2.44. The van der Waals surface area contributed by atoms with E-state index in [4.69, 9.17) is 13.9 Å². The monoisotopic (exact) mass is 498 g/mol. The van der Waals surface area contributed by atoms with Crippen molar-refractivity contribution in [2.45, 2.75) is 46.6 Å². The van der Waals surface area contributed by atoms with E-state index in [0.717, 1.165) is 13.0 Å². The third kappa shape index (κ3) is 6.29. The number of ketones is 1. The van der Waals surface area contributed by atoms with Gasteiger partial charge in [0.05, 0.1) is 24.8 Å². The van der Waals surface area contributed by atoms with Gasteiger partial charge >= 0.3 is 0 Å². The van der Waals surface area contributed by atoms with E-state index in [0.29, 0.717) is 54.9 Å². The summed E-state index contributed by atoms with van der Waals surface area (Å²) in [7, 11) is 3.92. The first-order chi connectivity index (χ1) is 17.1. The minimum Gasteiger partial charge on any atom is -0.503 e. The molecule has 1 atom stereocenters. The molecule has 1 aromatic heterocycles. The average molecular weight is 499 g/mol. The van der Waals surface area contributed by atoms with Crippen molar-refractivity contribution in [3.63, 3.8) is 0 Å². The number of furan rings is 1. The third-order valence-electron chi connectivity index (χ3n) is 6.05. The van der Waals surface area contributed by atoms with Crippen LogP contribution in [0.3, 0.4) is 0 Å². The predicted molar refractivity (Wildman–Crippen MR) is 138 cm³/mol. The Kier molecular flexibility index (Phi) is 9.20. The lowest BCUT2D eigenvalue weighted by atomic mass is 9.94. The molecule has 8 heteroatoms. The molecule has 0 spiro atoms. The Morgan fingerprint density at radius 1 is 1.17 bits per heavy atom. The molecule has 0 saturated heterocycles. The molecule has 1 unspecified atom stereocenters. The molecule has 0 saturated carbocycles. The number of rotatable bonds is 13. The fraction of sp³-hybridized carbons (Fsp3) is 0.500. The number of hydrogen-bond donors (Lipinski definition) is 1. The van der Waals surface area contributed by atoms with E-state index in [1.807, 2.05) is 32.0 Å². The van der Waals surface area contributed by atoms with E-state index < -0.39 is 23.5 Å². The van der Waals surface area contributed by atoms with E-state index in [2.05, 4.69) is 13.8 Å². The SMILES string of the molecule is CCOc1cc(C2C(C(=O)c3ccc(C)o3)=C(O)C(=O)N2CCCN(C)C)ccc1OCCC(C)C. The van der Waals surface area contributed by atoms with Crippen LogP contribution in [0, 0.1) is 12.8 Å². The van der Waals surface area contributed by atoms with Gasteiger partial charge in [-0.3, -0.25) is 9.59 Å². The number of amides is 1. The van der Waals surface area contributed by atoms with Crippen molar-refractivity contribution >= 4 is 11.7 Å². The summed E-state index contributed by atoms with van der Waals surface area (Å²) in [6.07, 6.45) is 1.58. The number of Topliss-reactive ketones (excluding diaryl/α,β-unsaturated/α-hetero) is 1. The van der Waals surface area contributed by atoms with Crippen LogP contribution in [0.2, 0.25) is 0 Å². The van der Waals surface area contributed by atoms with E-state index in [1.165, 1.54) is 0 Å². The van der Waals surface area contributed by atoms with Crippen molar-refractivity contribution in [3.8, 4) is 11.5 Å². The topological polar surface area (TPSA) is 92.5 Å². The predicted octanol–water partition coefficient (Wildman–Crippen LogP) is 4.94. The Bertz CT molecular complexity index is 1100. The first kappa shape index (κ1) is 27.3. The van der Waals surface area contributed by atoms with Crippen LogP contribution in [0.25, 0.3) is 0 Å². The van der Waals surface area contributed by atoms with Gasteiger partial charge in [-0.1, -0.05) is 19.9 Å². The number of aliphatic hydroxyl groups excluding tert-OH is 1. The van der Waals surface area contributed by atoms with Crippen molar-refractivity contribution in [3.05, 3.63) is 58.7 Å². The zero-order valence-corrected chi connectivity index (χ0v) is 22.2. The molecule has 1 aliphatic heterocycles. The van der Waals surface area contributed by atoms with Gasteiger partial charge < -0.3 is 28.8 Å². The molecule has 2 heterocycles. The van der Waals surface area contributed by atoms with Gasteiger partial charge in [0.25, 0.3) is 5.91 Å². The Morgan fingerprint density at radius 2 is 1.92 bits per heavy atom. The summed E-state index contributed by atoms with van der Waals surface area (Å²) in [6.45, 7) is 10.0. The summed E-state index contributed by atoms with van der Waals surface area (Å²) in [6, 6.07) is 7.89. The number of aliphatic hydroxyl groups is 1. The maximum absolute atomic E-state index is 13.5. The Labute approximate surface area is 213 Å². The molecule has 0 bridgehead atoms. The van der Waals surface area contributed by atoms with Gasteiger partial charge in [-0.2, -0.15) is 0 Å². The normalized spacial score (nSPS) is 15.9. The van der Waals surface area contributed by atoms with Gasteiger partial charge in [0, 0.05) is 6.54 Å². The number of benzene rings is 1. The molecule has 36 heavy (non-hydrogen) atoms. The molecule has 2 aromatic rings. The fourth-order valence-corrected chi connectivity index (χ4v) is 4.20. The Morgan fingerprint density at radius 3 is 2.53 bits per heavy atom. The van der Waals surface area contributed by atoms with E-state index in [1.54, 1.807) is 36.1 Å². The maximum atomic E-state index is 13.5. The molecule has 1 aliphatic rings. The fourth-order valence-electron chi connectivity index (χ4n) is 4.20. The van der Waals surface area contributed by atoms with Crippen molar-refractivity contribution in [2.24, 2.45) is 5.92 Å². The zero-order chi connectivity index (χ0) is 26.4. The lowest BCUT2D eigenvalue weighted by molar-refractivity contribution is -0.129. The quantitative estimate of drug-likeness (QED) is 0.391. The van der Waals surface area contributed by atoms with Gasteiger partial charge in [-0.15, -0.1) is 0 Å². The lowest BCUT2D eigenvalue weighted by Crippen LogP contribution is -2.33. The standard InChI is InChI=1S/C28H38N2O6/c1-7-34-23-17-20(10-12-21(23)35-16-13-18(2)3)25-24(26(31)22-11-9-19(4)36-22)27(32)28(33)30(25)15-8-14-29(5)6/h9-12,17-18,25,32H,7-8,13-16H2,1-6H3. The molecule has 0 radical (unpaired) electrons. The summed E-state index contributed by atoms with van der Waals surface area (Å²) < 4.78 is 17.4. The van der Waals surface area contributed by atoms with Crippen LogP contribution in [-0.2, 0) is 4.79 Å². The molecular formula is C28H38N2O6. The van der Waals surface area contributed by atoms with Gasteiger partial charge in [0.1, 0.15) is 5.76 Å². The molecule has 8 nitrogen and oxygen atoms in total. The zero-order valence-electron chi connectivity index (χ0n) is 22.2. The van der Waals surface area contributed by atoms with Crippen LogP contribution in [-0.4, -0.2) is 67.0 Å². The van der Waals surface area contributed by atoms with Gasteiger partial charge in [-0.05, 0) is 83.1 Å². The Balaban J connectivity index is 2.01. The van der Waals surface area contributed by atoms with Crippen LogP contribution >= 0.6 is 0 Å². The van der Waals surface area contributed by atoms with Crippen LogP contribution in [0.4, 0.5) is 0 Å². The number of ether oxygens (including phenoxy) is 2. The van der Waals surface area contributed by atoms with Crippen molar-refractivity contribution in [1.29, 1.82) is 0 Å². The van der Waals surface area contributed by atoms with Gasteiger partial charge in [-0.25, -0.2) is 0 Å². The molecule has 1 aromatic carbocycles. The van der Waals surface area contributed by atoms with Gasteiger partial charge in [0.15, 0.2) is 23.0 Å². The van der Waals surface area contributed by atoms with Gasteiger partial charge in [0.2, 0.25) is 5.78 Å². The van der Waals surface area contributed by atoms with Crippen molar-refractivity contribution in [2.75, 3.05) is 40.4 Å². The number of hydrogen-bond acceptors (Lipinski definition) is 7. The maximum Gasteiger partial charge on any atom is 0.290 e. The second kappa shape index (κ2) is 12.1. The molecule has 3 rings (SSSR count). The summed E-state index contributed by atoms with van der Waals surface area (Å²) in [5.74, 6) is 0.680. The second-order valence-corrected chi connectivity index (χ2v) is 9.73. The molecular weight excluding hydrogens is 460 g/mol. The largest absolute Gasteiger partial charge is 0.503 e. The molecule has 0 fully saturated rings. The second-order valence-electron chi connectivity index (χ2n) is 9.73. The van der Waals surface area contributed by atoms with Crippen LogP contribution in [0.5, 0.6) is 11.5 Å². The molecule has 0 aliphatic carbocycles. The third-order valence-corrected chi connectivity index (χ3v) is 6.05.